The van der Waals surface area contributed by atoms with Crippen LogP contribution in [-0.4, -0.2) is 60.0 Å². The Balaban J connectivity index is 1.47. The van der Waals surface area contributed by atoms with E-state index in [1.54, 1.807) is 31.2 Å². The number of carbonyl (C=O) groups excluding carboxylic acids is 3. The molecule has 2 aromatic heterocycles. The first-order valence-corrected chi connectivity index (χ1v) is 15.1. The van der Waals surface area contributed by atoms with Crippen LogP contribution in [0.15, 0.2) is 58.1 Å². The Bertz CT molecular complexity index is 1530. The van der Waals surface area contributed by atoms with Crippen LogP contribution in [-0.2, 0) is 25.5 Å². The van der Waals surface area contributed by atoms with Crippen molar-refractivity contribution in [3.63, 3.8) is 0 Å². The molecule has 42 heavy (non-hydrogen) atoms. The molecule has 2 amide bonds. The minimum absolute atomic E-state index is 0.0220. The highest BCUT2D eigenvalue weighted by atomic mass is 32.2. The van der Waals surface area contributed by atoms with E-state index >= 15 is 0 Å². The fourth-order valence-electron chi connectivity index (χ4n) is 4.82. The summed E-state index contributed by atoms with van der Waals surface area (Å²) in [5.74, 6) is -4.82. The number of carbonyl (C=O) groups is 3. The van der Waals surface area contributed by atoms with Crippen molar-refractivity contribution in [2.45, 2.75) is 76.0 Å². The van der Waals surface area contributed by atoms with Gasteiger partial charge in [0.1, 0.15) is 11.6 Å². The zero-order valence-electron chi connectivity index (χ0n) is 23.8. The summed E-state index contributed by atoms with van der Waals surface area (Å²) in [6, 6.07) is 8.07. The molecule has 0 saturated carbocycles. The summed E-state index contributed by atoms with van der Waals surface area (Å²) in [5, 5.41) is 5.68. The molecule has 3 heterocycles. The Labute approximate surface area is 242 Å². The van der Waals surface area contributed by atoms with Crippen LogP contribution in [0.3, 0.4) is 0 Å². The van der Waals surface area contributed by atoms with Crippen LogP contribution in [0.25, 0.3) is 11.0 Å². The molecule has 0 radical (unpaired) electrons. The third kappa shape index (κ3) is 7.01. The van der Waals surface area contributed by atoms with Crippen molar-refractivity contribution >= 4 is 38.6 Å². The summed E-state index contributed by atoms with van der Waals surface area (Å²) in [5.41, 5.74) is 0.0900. The van der Waals surface area contributed by atoms with Crippen molar-refractivity contribution in [2.24, 2.45) is 5.92 Å². The summed E-state index contributed by atoms with van der Waals surface area (Å²) >= 11 is 0. The summed E-state index contributed by atoms with van der Waals surface area (Å²) in [4.78, 5) is 43.2. The Morgan fingerprint density at radius 3 is 2.50 bits per heavy atom. The molecule has 1 aliphatic rings. The van der Waals surface area contributed by atoms with E-state index in [1.807, 2.05) is 19.9 Å². The number of furan rings is 1. The molecule has 0 spiro atoms. The van der Waals surface area contributed by atoms with E-state index in [9.17, 15) is 31.6 Å². The van der Waals surface area contributed by atoms with Gasteiger partial charge in [0, 0.05) is 30.1 Å². The number of aromatic nitrogens is 1. The van der Waals surface area contributed by atoms with Crippen molar-refractivity contribution in [3.05, 3.63) is 60.0 Å². The molecule has 0 unspecified atom stereocenters. The number of fused-ring (bicyclic) bond motifs is 1. The zero-order chi connectivity index (χ0) is 30.8. The number of halogens is 2. The number of amides is 2. The fraction of sp³-hybridized carbons (Fsp3) is 0.448. The van der Waals surface area contributed by atoms with Gasteiger partial charge in [0.05, 0.1) is 12.6 Å². The molecule has 0 bridgehead atoms. The number of benzene rings is 1. The average Bonchev–Trinajstić information content (AvgIpc) is 3.31. The highest BCUT2D eigenvalue weighted by molar-refractivity contribution is 7.89. The van der Waals surface area contributed by atoms with Crippen LogP contribution in [0.1, 0.15) is 63.1 Å². The molecule has 4 rings (SSSR count). The topological polar surface area (TPSA) is 139 Å². The van der Waals surface area contributed by atoms with Gasteiger partial charge in [-0.15, -0.1) is 0 Å². The first-order valence-electron chi connectivity index (χ1n) is 13.7. The van der Waals surface area contributed by atoms with Gasteiger partial charge in [0.15, 0.2) is 16.6 Å². The second-order valence-electron chi connectivity index (χ2n) is 11.1. The summed E-state index contributed by atoms with van der Waals surface area (Å²) in [7, 11) is -4.30. The van der Waals surface area contributed by atoms with Gasteiger partial charge < -0.3 is 15.1 Å². The van der Waals surface area contributed by atoms with Crippen LogP contribution >= 0.6 is 0 Å². The Morgan fingerprint density at radius 1 is 1.17 bits per heavy atom. The maximum Gasteiger partial charge on any atom is 0.287 e. The van der Waals surface area contributed by atoms with Crippen molar-refractivity contribution in [3.8, 4) is 0 Å². The quantitative estimate of drug-likeness (QED) is 0.376. The lowest BCUT2D eigenvalue weighted by Crippen LogP contribution is -2.52. The number of sulfonamides is 1. The molecule has 1 aromatic carbocycles. The third-order valence-electron chi connectivity index (χ3n) is 7.18. The number of ketones is 1. The van der Waals surface area contributed by atoms with E-state index in [0.29, 0.717) is 12.5 Å². The first kappa shape index (κ1) is 31.2. The molecule has 2 N–H and O–H groups in total. The average molecular weight is 605 g/mol. The Morgan fingerprint density at radius 2 is 1.88 bits per heavy atom. The second kappa shape index (κ2) is 12.3. The SMILES string of the molecule is CC(C)C[C@H](NC(=O)c1cc2ccccc2o1)C(=O)N[C@H]1CC[C@@H](C)N(S(=O)(=O)c2ccc(C(C)(F)F)cn2)CC1=O. The van der Waals surface area contributed by atoms with Crippen molar-refractivity contribution < 1.29 is 36.0 Å². The van der Waals surface area contributed by atoms with Gasteiger partial charge in [0.25, 0.3) is 21.9 Å². The lowest BCUT2D eigenvalue weighted by molar-refractivity contribution is -0.129. The van der Waals surface area contributed by atoms with Gasteiger partial charge in [-0.1, -0.05) is 32.0 Å². The molecule has 10 nitrogen and oxygen atoms in total. The van der Waals surface area contributed by atoms with Crippen LogP contribution in [0.4, 0.5) is 8.78 Å². The lowest BCUT2D eigenvalue weighted by Gasteiger charge is -2.25. The van der Waals surface area contributed by atoms with E-state index in [-0.39, 0.29) is 30.9 Å². The standard InChI is InChI=1S/C29H34F2N4O6S/c1-17(2)13-22(34-28(38)25-14-19-7-5-6-8-24(19)41-25)27(37)33-21-11-9-18(3)35(16-23(21)36)42(39,40)26-12-10-20(15-32-26)29(4,30)31/h5-8,10,12,14-15,17-18,21-22H,9,11,13,16H2,1-4H3,(H,33,37)(H,34,38)/t18-,21+,22+/m1/s1. The summed E-state index contributed by atoms with van der Waals surface area (Å²) in [6.07, 6.45) is 1.49. The monoisotopic (exact) mass is 604 g/mol. The number of nitrogens with one attached hydrogen (secondary N) is 2. The number of hydrogen-bond acceptors (Lipinski definition) is 7. The number of hydrogen-bond donors (Lipinski definition) is 2. The van der Waals surface area contributed by atoms with Gasteiger partial charge in [-0.2, -0.15) is 4.31 Å². The highest BCUT2D eigenvalue weighted by Crippen LogP contribution is 2.28. The van der Waals surface area contributed by atoms with Gasteiger partial charge in [-0.3, -0.25) is 14.4 Å². The molecule has 1 aliphatic heterocycles. The fourth-order valence-corrected chi connectivity index (χ4v) is 6.36. The number of nitrogens with zero attached hydrogens (tertiary/aromatic N) is 2. The highest BCUT2D eigenvalue weighted by Gasteiger charge is 2.38. The maximum atomic E-state index is 13.6. The van der Waals surface area contributed by atoms with E-state index in [4.69, 9.17) is 4.42 Å². The number of rotatable bonds is 9. The molecule has 226 valence electrons. The normalized spacial score (nSPS) is 19.5. The molecular formula is C29H34F2N4O6S. The van der Waals surface area contributed by atoms with E-state index in [2.05, 4.69) is 15.6 Å². The Kier molecular flexibility index (Phi) is 9.12. The van der Waals surface area contributed by atoms with E-state index in [1.165, 1.54) is 0 Å². The molecule has 0 aliphatic carbocycles. The number of para-hydroxylation sites is 1. The van der Waals surface area contributed by atoms with Crippen LogP contribution in [0, 0.1) is 5.92 Å². The minimum atomic E-state index is -4.30. The van der Waals surface area contributed by atoms with Crippen molar-refractivity contribution in [1.82, 2.24) is 19.9 Å². The van der Waals surface area contributed by atoms with Crippen LogP contribution in [0.5, 0.6) is 0 Å². The maximum absolute atomic E-state index is 13.6. The largest absolute Gasteiger partial charge is 0.451 e. The number of Topliss-reactive ketones (excluding diaryl/α,β-unsaturated/α-hetero) is 1. The number of pyridine rings is 1. The van der Waals surface area contributed by atoms with E-state index in [0.717, 1.165) is 28.0 Å². The number of alkyl halides is 2. The predicted octanol–water partition coefficient (Wildman–Crippen LogP) is 4.01. The Hall–Kier alpha value is -3.71. The molecular weight excluding hydrogens is 570 g/mol. The van der Waals surface area contributed by atoms with Gasteiger partial charge in [0.2, 0.25) is 5.91 Å². The third-order valence-corrected chi connectivity index (χ3v) is 9.05. The van der Waals surface area contributed by atoms with Crippen LogP contribution < -0.4 is 10.6 Å². The van der Waals surface area contributed by atoms with Crippen molar-refractivity contribution in [2.75, 3.05) is 6.54 Å². The summed E-state index contributed by atoms with van der Waals surface area (Å²) < 4.78 is 60.4. The van der Waals surface area contributed by atoms with Gasteiger partial charge in [-0.05, 0) is 56.4 Å². The van der Waals surface area contributed by atoms with Gasteiger partial charge in [-0.25, -0.2) is 22.2 Å². The first-order chi connectivity index (χ1) is 19.7. The second-order valence-corrected chi connectivity index (χ2v) is 12.9. The molecule has 1 saturated heterocycles. The lowest BCUT2D eigenvalue weighted by atomic mass is 10.0. The minimum Gasteiger partial charge on any atom is -0.451 e. The molecule has 3 aromatic rings. The zero-order valence-corrected chi connectivity index (χ0v) is 24.6. The molecule has 13 heteroatoms. The predicted molar refractivity (Wildman–Crippen MR) is 150 cm³/mol. The smallest absolute Gasteiger partial charge is 0.287 e. The van der Waals surface area contributed by atoms with E-state index < -0.39 is 68.8 Å². The van der Waals surface area contributed by atoms with Crippen molar-refractivity contribution in [1.29, 1.82) is 0 Å². The molecule has 1 fully saturated rings. The summed E-state index contributed by atoms with van der Waals surface area (Å²) in [6.45, 7) is 5.53. The van der Waals surface area contributed by atoms with Crippen LogP contribution in [0.2, 0.25) is 0 Å². The molecule has 3 atom stereocenters. The van der Waals surface area contributed by atoms with Gasteiger partial charge >= 0.3 is 0 Å².